The molecule has 0 aromatic carbocycles. The lowest BCUT2D eigenvalue weighted by atomic mass is 10.3. The smallest absolute Gasteiger partial charge is 0.240 e. The van der Waals surface area contributed by atoms with Gasteiger partial charge >= 0.3 is 0 Å². The normalized spacial score (nSPS) is 7.65. The molecule has 0 atom stereocenters. The summed E-state index contributed by atoms with van der Waals surface area (Å²) in [5, 5.41) is 19.5. The molecule has 0 spiro atoms. The molecule has 0 saturated carbocycles. The maximum atomic E-state index is 9.47. The van der Waals surface area contributed by atoms with E-state index in [1.54, 1.807) is 30.5 Å². The van der Waals surface area contributed by atoms with E-state index in [0.29, 0.717) is 6.54 Å². The number of nitrogens with one attached hydrogen (secondary N) is 1. The van der Waals surface area contributed by atoms with Crippen LogP contribution in [0, 0.1) is 22.7 Å². The molecule has 0 heterocycles. The fourth-order valence-electron chi connectivity index (χ4n) is 0.463. The molecule has 0 fully saturated rings. The fraction of sp³-hybridized carbons (Fsp3) is 0.0833. The Labute approximate surface area is 101 Å². The molecule has 0 saturated heterocycles. The molecule has 0 aliphatic rings. The van der Waals surface area contributed by atoms with Crippen LogP contribution in [0.1, 0.15) is 0 Å². The lowest BCUT2D eigenvalue weighted by Crippen LogP contribution is -2.04. The fourth-order valence-corrected chi connectivity index (χ4v) is 0.463. The van der Waals surface area contributed by atoms with Crippen molar-refractivity contribution in [1.29, 1.82) is 10.5 Å². The van der Waals surface area contributed by atoms with Gasteiger partial charge in [0.2, 0.25) is 5.91 Å². The van der Waals surface area contributed by atoms with Crippen molar-refractivity contribution in [3.63, 3.8) is 0 Å². The van der Waals surface area contributed by atoms with E-state index in [9.17, 15) is 4.79 Å². The van der Waals surface area contributed by atoms with Crippen molar-refractivity contribution in [1.82, 2.24) is 5.32 Å². The standard InChI is InChI=1S/C9H9N3.C3H5NO/c1-2-5-12-6-3-4-9(7-10)8-11;1-2-3(4)5/h2-4,6,12H,1,5H2;2H,1H2,(H2,4,5). The Morgan fingerprint density at radius 3 is 2.24 bits per heavy atom. The van der Waals surface area contributed by atoms with Gasteiger partial charge in [0.1, 0.15) is 17.7 Å². The quantitative estimate of drug-likeness (QED) is 0.241. The Bertz CT molecular complexity index is 378. The molecule has 5 heteroatoms. The number of carbonyl (C=O) groups is 1. The highest BCUT2D eigenvalue weighted by atomic mass is 16.1. The Morgan fingerprint density at radius 1 is 1.35 bits per heavy atom. The van der Waals surface area contributed by atoms with Crippen LogP contribution < -0.4 is 11.1 Å². The number of amides is 1. The van der Waals surface area contributed by atoms with E-state index in [-0.39, 0.29) is 5.57 Å². The van der Waals surface area contributed by atoms with Gasteiger partial charge in [-0.1, -0.05) is 12.7 Å². The van der Waals surface area contributed by atoms with E-state index < -0.39 is 5.91 Å². The van der Waals surface area contributed by atoms with Gasteiger partial charge in [0, 0.05) is 6.54 Å². The molecule has 5 nitrogen and oxygen atoms in total. The van der Waals surface area contributed by atoms with E-state index in [1.165, 1.54) is 6.08 Å². The predicted octanol–water partition coefficient (Wildman–Crippen LogP) is 0.907. The lowest BCUT2D eigenvalue weighted by Gasteiger charge is -1.88. The Balaban J connectivity index is 0. The first kappa shape index (κ1) is 16.6. The highest BCUT2D eigenvalue weighted by Crippen LogP contribution is 1.88. The average Bonchev–Trinajstić information content (AvgIpc) is 2.34. The second-order valence-corrected chi connectivity index (χ2v) is 2.47. The molecule has 0 aliphatic heterocycles. The Morgan fingerprint density at radius 2 is 1.88 bits per heavy atom. The van der Waals surface area contributed by atoms with Crippen molar-refractivity contribution in [2.45, 2.75) is 0 Å². The van der Waals surface area contributed by atoms with E-state index >= 15 is 0 Å². The third-order valence-electron chi connectivity index (χ3n) is 1.18. The molecular formula is C12H14N4O. The number of rotatable bonds is 5. The van der Waals surface area contributed by atoms with Crippen LogP contribution in [0.25, 0.3) is 0 Å². The van der Waals surface area contributed by atoms with Crippen molar-refractivity contribution < 1.29 is 4.79 Å². The summed E-state index contributed by atoms with van der Waals surface area (Å²) in [4.78, 5) is 9.47. The van der Waals surface area contributed by atoms with Crippen LogP contribution in [-0.4, -0.2) is 12.5 Å². The van der Waals surface area contributed by atoms with Crippen molar-refractivity contribution in [2.75, 3.05) is 6.54 Å². The van der Waals surface area contributed by atoms with Crippen LogP contribution in [0.5, 0.6) is 0 Å². The summed E-state index contributed by atoms with van der Waals surface area (Å²) in [7, 11) is 0. The van der Waals surface area contributed by atoms with Crippen molar-refractivity contribution in [3.05, 3.63) is 49.2 Å². The van der Waals surface area contributed by atoms with Gasteiger partial charge in [-0.25, -0.2) is 0 Å². The van der Waals surface area contributed by atoms with Gasteiger partial charge in [0.15, 0.2) is 0 Å². The van der Waals surface area contributed by atoms with Gasteiger partial charge in [0.05, 0.1) is 0 Å². The Kier molecular flexibility index (Phi) is 12.9. The Hall–Kier alpha value is -2.79. The molecule has 17 heavy (non-hydrogen) atoms. The molecule has 0 rings (SSSR count). The molecule has 0 aromatic rings. The first-order chi connectivity index (χ1) is 8.12. The van der Waals surface area contributed by atoms with Crippen LogP contribution in [-0.2, 0) is 4.79 Å². The van der Waals surface area contributed by atoms with Crippen LogP contribution >= 0.6 is 0 Å². The van der Waals surface area contributed by atoms with E-state index in [2.05, 4.69) is 24.2 Å². The van der Waals surface area contributed by atoms with Crippen molar-refractivity contribution >= 4 is 5.91 Å². The molecule has 0 bridgehead atoms. The minimum atomic E-state index is -0.481. The molecule has 0 aromatic heterocycles. The maximum Gasteiger partial charge on any atom is 0.240 e. The van der Waals surface area contributed by atoms with Crippen LogP contribution in [0.2, 0.25) is 0 Å². The summed E-state index contributed by atoms with van der Waals surface area (Å²) in [5.74, 6) is -0.481. The summed E-state index contributed by atoms with van der Waals surface area (Å²) in [6, 6.07) is 3.49. The topological polar surface area (TPSA) is 103 Å². The summed E-state index contributed by atoms with van der Waals surface area (Å²) in [6.07, 6.45) is 7.46. The highest BCUT2D eigenvalue weighted by Gasteiger charge is 1.84. The van der Waals surface area contributed by atoms with E-state index in [0.717, 1.165) is 6.08 Å². The van der Waals surface area contributed by atoms with Gasteiger partial charge < -0.3 is 11.1 Å². The molecule has 0 radical (unpaired) electrons. The predicted molar refractivity (Wildman–Crippen MR) is 66.0 cm³/mol. The van der Waals surface area contributed by atoms with Crippen molar-refractivity contribution in [3.8, 4) is 12.1 Å². The summed E-state index contributed by atoms with van der Waals surface area (Å²) < 4.78 is 0. The number of nitrogens with two attached hydrogens (primary N) is 1. The maximum absolute atomic E-state index is 9.47. The monoisotopic (exact) mass is 230 g/mol. The molecule has 88 valence electrons. The SMILES string of the molecule is C=CC(N)=O.C=CCNC=CC=C(C#N)C#N. The minimum absolute atomic E-state index is 0.0895. The summed E-state index contributed by atoms with van der Waals surface area (Å²) in [6.45, 7) is 7.26. The molecule has 3 N–H and O–H groups in total. The number of primary amides is 1. The number of allylic oxidation sites excluding steroid dienone is 3. The van der Waals surface area contributed by atoms with E-state index in [1.807, 2.05) is 0 Å². The second-order valence-electron chi connectivity index (χ2n) is 2.47. The number of nitrogens with zero attached hydrogens (tertiary/aromatic N) is 2. The molecule has 0 aliphatic carbocycles. The number of hydrogen-bond acceptors (Lipinski definition) is 4. The second kappa shape index (κ2) is 13.2. The van der Waals surface area contributed by atoms with Crippen LogP contribution in [0.15, 0.2) is 49.2 Å². The molecular weight excluding hydrogens is 216 g/mol. The number of hydrogen-bond donors (Lipinski definition) is 2. The molecule has 0 unspecified atom stereocenters. The van der Waals surface area contributed by atoms with Crippen LogP contribution in [0.4, 0.5) is 0 Å². The minimum Gasteiger partial charge on any atom is -0.387 e. The zero-order valence-electron chi connectivity index (χ0n) is 9.39. The van der Waals surface area contributed by atoms with Gasteiger partial charge in [-0.3, -0.25) is 4.79 Å². The van der Waals surface area contributed by atoms with Crippen molar-refractivity contribution in [2.24, 2.45) is 5.73 Å². The first-order valence-electron chi connectivity index (χ1n) is 4.55. The molecule has 1 amide bonds. The van der Waals surface area contributed by atoms with Gasteiger partial charge in [0.25, 0.3) is 0 Å². The summed E-state index contributed by atoms with van der Waals surface area (Å²) in [5.41, 5.74) is 4.62. The average molecular weight is 230 g/mol. The van der Waals surface area contributed by atoms with Crippen LogP contribution in [0.3, 0.4) is 0 Å². The van der Waals surface area contributed by atoms with Gasteiger partial charge in [-0.15, -0.1) is 6.58 Å². The van der Waals surface area contributed by atoms with E-state index in [4.69, 9.17) is 10.5 Å². The lowest BCUT2D eigenvalue weighted by molar-refractivity contribution is -0.113. The largest absolute Gasteiger partial charge is 0.387 e. The zero-order chi connectivity index (χ0) is 13.5. The number of carbonyl (C=O) groups excluding carboxylic acids is 1. The highest BCUT2D eigenvalue weighted by molar-refractivity contribution is 5.84. The summed E-state index contributed by atoms with van der Waals surface area (Å²) >= 11 is 0. The third-order valence-corrected chi connectivity index (χ3v) is 1.18. The number of nitriles is 2. The van der Waals surface area contributed by atoms with Gasteiger partial charge in [-0.2, -0.15) is 10.5 Å². The third kappa shape index (κ3) is 15.9. The zero-order valence-corrected chi connectivity index (χ0v) is 9.39. The van der Waals surface area contributed by atoms with Gasteiger partial charge in [-0.05, 0) is 24.4 Å². The first-order valence-corrected chi connectivity index (χ1v) is 4.55.